The molecule has 1 heterocycles. The summed E-state index contributed by atoms with van der Waals surface area (Å²) in [7, 11) is -3.62. The summed E-state index contributed by atoms with van der Waals surface area (Å²) in [6, 6.07) is 3.63. The largest absolute Gasteiger partial charge is 0.381 e. The second-order valence-electron chi connectivity index (χ2n) is 4.54. The highest BCUT2D eigenvalue weighted by Crippen LogP contribution is 2.16. The fourth-order valence-electron chi connectivity index (χ4n) is 1.93. The van der Waals surface area contributed by atoms with E-state index >= 15 is 0 Å². The summed E-state index contributed by atoms with van der Waals surface area (Å²) < 4.78 is 45.1. The number of halogens is 1. The van der Waals surface area contributed by atoms with E-state index in [1.165, 1.54) is 12.1 Å². The zero-order chi connectivity index (χ0) is 13.9. The smallest absolute Gasteiger partial charge is 0.240 e. The molecule has 0 saturated carbocycles. The lowest BCUT2D eigenvalue weighted by Crippen LogP contribution is -2.29. The van der Waals surface area contributed by atoms with Crippen molar-refractivity contribution in [1.82, 2.24) is 4.72 Å². The Kier molecular flexibility index (Phi) is 4.51. The molecule has 3 N–H and O–H groups in total. The zero-order valence-electron chi connectivity index (χ0n) is 10.4. The molecule has 1 atom stereocenters. The van der Waals surface area contributed by atoms with Crippen LogP contribution < -0.4 is 10.5 Å². The maximum Gasteiger partial charge on any atom is 0.240 e. The molecule has 5 nitrogen and oxygen atoms in total. The van der Waals surface area contributed by atoms with Crippen LogP contribution >= 0.6 is 0 Å². The molecule has 1 unspecified atom stereocenters. The molecule has 1 aromatic carbocycles. The third-order valence-electron chi connectivity index (χ3n) is 3.13. The SMILES string of the molecule is NCc1cc(S(=O)(=O)NCC2CCOC2)ccc1F. The Morgan fingerprint density at radius 3 is 2.89 bits per heavy atom. The lowest BCUT2D eigenvalue weighted by atomic mass is 10.1. The van der Waals surface area contributed by atoms with Crippen LogP contribution in [0.3, 0.4) is 0 Å². The summed E-state index contributed by atoms with van der Waals surface area (Å²) in [5, 5.41) is 0. The second-order valence-corrected chi connectivity index (χ2v) is 6.31. The van der Waals surface area contributed by atoms with Crippen molar-refractivity contribution < 1.29 is 17.5 Å². The fraction of sp³-hybridized carbons (Fsp3) is 0.500. The van der Waals surface area contributed by atoms with Crippen molar-refractivity contribution in [1.29, 1.82) is 0 Å². The van der Waals surface area contributed by atoms with Crippen molar-refractivity contribution in [2.75, 3.05) is 19.8 Å². The lowest BCUT2D eigenvalue weighted by molar-refractivity contribution is 0.186. The van der Waals surface area contributed by atoms with Gasteiger partial charge in [-0.2, -0.15) is 0 Å². The van der Waals surface area contributed by atoms with Gasteiger partial charge in [0.1, 0.15) is 5.82 Å². The molecule has 0 bridgehead atoms. The average Bonchev–Trinajstić information content (AvgIpc) is 2.90. The third-order valence-corrected chi connectivity index (χ3v) is 4.55. The van der Waals surface area contributed by atoms with Crippen molar-refractivity contribution in [3.05, 3.63) is 29.6 Å². The molecule has 1 aliphatic heterocycles. The number of nitrogens with two attached hydrogens (primary N) is 1. The molecule has 1 aromatic rings. The van der Waals surface area contributed by atoms with Crippen LogP contribution in [-0.2, 0) is 21.3 Å². The average molecular weight is 288 g/mol. The Hall–Kier alpha value is -1.02. The molecule has 2 rings (SSSR count). The zero-order valence-corrected chi connectivity index (χ0v) is 11.2. The van der Waals surface area contributed by atoms with E-state index in [2.05, 4.69) is 4.72 Å². The molecule has 7 heteroatoms. The summed E-state index contributed by atoms with van der Waals surface area (Å²) in [5.41, 5.74) is 5.55. The number of hydrogen-bond donors (Lipinski definition) is 2. The molecule has 1 aliphatic rings. The van der Waals surface area contributed by atoms with E-state index in [1.807, 2.05) is 0 Å². The van der Waals surface area contributed by atoms with Crippen molar-refractivity contribution in [2.45, 2.75) is 17.9 Å². The predicted molar refractivity (Wildman–Crippen MR) is 68.4 cm³/mol. The van der Waals surface area contributed by atoms with Gasteiger partial charge in [0.2, 0.25) is 10.0 Å². The van der Waals surface area contributed by atoms with Crippen molar-refractivity contribution in [2.24, 2.45) is 11.7 Å². The van der Waals surface area contributed by atoms with Gasteiger partial charge in [-0.25, -0.2) is 17.5 Å². The highest BCUT2D eigenvalue weighted by Gasteiger charge is 2.20. The Morgan fingerprint density at radius 1 is 1.47 bits per heavy atom. The van der Waals surface area contributed by atoms with Crippen LogP contribution in [0.1, 0.15) is 12.0 Å². The first-order chi connectivity index (χ1) is 9.03. The second kappa shape index (κ2) is 5.96. The molecule has 106 valence electrons. The van der Waals surface area contributed by atoms with E-state index in [-0.39, 0.29) is 22.9 Å². The Bertz CT molecular complexity index is 542. The molecule has 0 amide bonds. The van der Waals surface area contributed by atoms with E-state index < -0.39 is 15.8 Å². The van der Waals surface area contributed by atoms with E-state index in [1.54, 1.807) is 0 Å². The van der Waals surface area contributed by atoms with Gasteiger partial charge >= 0.3 is 0 Å². The lowest BCUT2D eigenvalue weighted by Gasteiger charge is -2.11. The third kappa shape index (κ3) is 3.50. The van der Waals surface area contributed by atoms with E-state index in [0.717, 1.165) is 12.5 Å². The Labute approximate surface area is 112 Å². The van der Waals surface area contributed by atoms with Crippen LogP contribution in [0.25, 0.3) is 0 Å². The number of nitrogens with one attached hydrogen (secondary N) is 1. The van der Waals surface area contributed by atoms with Crippen LogP contribution in [0.4, 0.5) is 4.39 Å². The summed E-state index contributed by atoms with van der Waals surface area (Å²) in [6.45, 7) is 1.53. The van der Waals surface area contributed by atoms with Gasteiger partial charge in [-0.15, -0.1) is 0 Å². The normalized spacial score (nSPS) is 19.8. The molecule has 0 radical (unpaired) electrons. The standard InChI is InChI=1S/C12H17FN2O3S/c13-12-2-1-11(5-10(12)6-14)19(16,17)15-7-9-3-4-18-8-9/h1-2,5,9,15H,3-4,6-8,14H2. The molecule has 0 aliphatic carbocycles. The van der Waals surface area contributed by atoms with Gasteiger partial charge in [-0.05, 0) is 30.5 Å². The van der Waals surface area contributed by atoms with Crippen LogP contribution in [0.2, 0.25) is 0 Å². The van der Waals surface area contributed by atoms with E-state index in [9.17, 15) is 12.8 Å². The minimum atomic E-state index is -3.62. The number of ether oxygens (including phenoxy) is 1. The number of sulfonamides is 1. The topological polar surface area (TPSA) is 81.4 Å². The highest BCUT2D eigenvalue weighted by atomic mass is 32.2. The van der Waals surface area contributed by atoms with E-state index in [0.29, 0.717) is 19.8 Å². The Balaban J connectivity index is 2.10. The summed E-state index contributed by atoms with van der Waals surface area (Å²) >= 11 is 0. The van der Waals surface area contributed by atoms with Gasteiger partial charge in [-0.1, -0.05) is 0 Å². The van der Waals surface area contributed by atoms with Crippen molar-refractivity contribution in [3.63, 3.8) is 0 Å². The van der Waals surface area contributed by atoms with Gasteiger partial charge in [0, 0.05) is 25.3 Å². The fourth-order valence-corrected chi connectivity index (χ4v) is 3.10. The quantitative estimate of drug-likeness (QED) is 0.831. The number of rotatable bonds is 5. The van der Waals surface area contributed by atoms with Crippen molar-refractivity contribution in [3.8, 4) is 0 Å². The number of benzene rings is 1. The molecule has 1 saturated heterocycles. The maximum atomic E-state index is 13.3. The first-order valence-corrected chi connectivity index (χ1v) is 7.57. The molecule has 0 spiro atoms. The first kappa shape index (κ1) is 14.4. The minimum Gasteiger partial charge on any atom is -0.381 e. The number of hydrogen-bond acceptors (Lipinski definition) is 4. The van der Waals surface area contributed by atoms with Crippen LogP contribution in [0, 0.1) is 11.7 Å². The summed E-state index contributed by atoms with van der Waals surface area (Å²) in [4.78, 5) is 0.0354. The van der Waals surface area contributed by atoms with Gasteiger partial charge in [0.25, 0.3) is 0 Å². The Morgan fingerprint density at radius 2 is 2.26 bits per heavy atom. The monoisotopic (exact) mass is 288 g/mol. The molecule has 0 aromatic heterocycles. The molecular formula is C12H17FN2O3S. The molecule has 1 fully saturated rings. The summed E-state index contributed by atoms with van der Waals surface area (Å²) in [5.74, 6) is -0.296. The van der Waals surface area contributed by atoms with Gasteiger partial charge in [0.15, 0.2) is 0 Å². The van der Waals surface area contributed by atoms with Crippen LogP contribution in [0.5, 0.6) is 0 Å². The first-order valence-electron chi connectivity index (χ1n) is 6.09. The highest BCUT2D eigenvalue weighted by molar-refractivity contribution is 7.89. The van der Waals surface area contributed by atoms with Crippen LogP contribution in [0.15, 0.2) is 23.1 Å². The minimum absolute atomic E-state index is 0.0354. The van der Waals surface area contributed by atoms with Gasteiger partial charge in [0.05, 0.1) is 11.5 Å². The van der Waals surface area contributed by atoms with Gasteiger partial charge < -0.3 is 10.5 Å². The summed E-state index contributed by atoms with van der Waals surface area (Å²) in [6.07, 6.45) is 0.847. The van der Waals surface area contributed by atoms with Crippen molar-refractivity contribution >= 4 is 10.0 Å². The van der Waals surface area contributed by atoms with E-state index in [4.69, 9.17) is 10.5 Å². The molecule has 19 heavy (non-hydrogen) atoms. The van der Waals surface area contributed by atoms with Gasteiger partial charge in [-0.3, -0.25) is 0 Å². The maximum absolute atomic E-state index is 13.3. The predicted octanol–water partition coefficient (Wildman–Crippen LogP) is 0.599. The molecular weight excluding hydrogens is 271 g/mol. The van der Waals surface area contributed by atoms with Crippen LogP contribution in [-0.4, -0.2) is 28.2 Å².